The highest BCUT2D eigenvalue weighted by atomic mass is 32.2. The molecule has 0 unspecified atom stereocenters. The molecule has 0 bridgehead atoms. The molecule has 7 heteroatoms. The third-order valence-electron chi connectivity index (χ3n) is 5.76. The van der Waals surface area contributed by atoms with E-state index in [1.165, 1.54) is 4.31 Å². The molecule has 0 saturated heterocycles. The summed E-state index contributed by atoms with van der Waals surface area (Å²) in [7, 11) is -3.74. The maximum absolute atomic E-state index is 13.1. The average molecular weight is 420 g/mol. The topological polar surface area (TPSA) is 77.9 Å². The molecule has 0 fully saturated rings. The zero-order chi connectivity index (χ0) is 20.9. The molecule has 0 atom stereocenters. The molecule has 0 aromatic heterocycles. The molecule has 5 rings (SSSR count). The van der Waals surface area contributed by atoms with Gasteiger partial charge in [0.15, 0.2) is 0 Å². The zero-order valence-corrected chi connectivity index (χ0v) is 17.0. The maximum Gasteiger partial charge on any atom is 0.265 e. The summed E-state index contributed by atoms with van der Waals surface area (Å²) in [5, 5.41) is 11.0. The summed E-state index contributed by atoms with van der Waals surface area (Å²) < 4.78 is 27.4. The van der Waals surface area contributed by atoms with Crippen LogP contribution in [-0.4, -0.2) is 44.0 Å². The van der Waals surface area contributed by atoms with Crippen LogP contribution in [0.4, 0.5) is 5.69 Å². The van der Waals surface area contributed by atoms with Gasteiger partial charge in [-0.05, 0) is 47.2 Å². The first-order valence-electron chi connectivity index (χ1n) is 9.76. The van der Waals surface area contributed by atoms with E-state index in [1.807, 2.05) is 36.4 Å². The first-order chi connectivity index (χ1) is 14.4. The molecule has 3 aromatic carbocycles. The summed E-state index contributed by atoms with van der Waals surface area (Å²) in [6.45, 7) is 0.745. The quantitative estimate of drug-likeness (QED) is 0.705. The summed E-state index contributed by atoms with van der Waals surface area (Å²) in [4.78, 5) is 14.9. The van der Waals surface area contributed by atoms with Crippen molar-refractivity contribution in [3.63, 3.8) is 0 Å². The second kappa shape index (κ2) is 6.88. The number of rotatable bonds is 3. The van der Waals surface area contributed by atoms with Crippen LogP contribution in [0.25, 0.3) is 16.3 Å². The van der Waals surface area contributed by atoms with E-state index < -0.39 is 10.0 Å². The summed E-state index contributed by atoms with van der Waals surface area (Å²) in [6, 6.07) is 17.6. The first-order valence-corrected chi connectivity index (χ1v) is 11.2. The summed E-state index contributed by atoms with van der Waals surface area (Å²) in [5.74, 6) is -0.000747. The fourth-order valence-electron chi connectivity index (χ4n) is 4.18. The van der Waals surface area contributed by atoms with Gasteiger partial charge in [0.2, 0.25) is 5.91 Å². The fraction of sp³-hybridized carbons (Fsp3) is 0.174. The number of carbonyl (C=O) groups excluding carboxylic acids is 1. The number of benzene rings is 3. The van der Waals surface area contributed by atoms with E-state index in [0.29, 0.717) is 30.6 Å². The van der Waals surface area contributed by atoms with Crippen molar-refractivity contribution in [1.82, 2.24) is 4.90 Å². The molecule has 2 aliphatic rings. The van der Waals surface area contributed by atoms with E-state index in [9.17, 15) is 18.3 Å². The monoisotopic (exact) mass is 420 g/mol. The van der Waals surface area contributed by atoms with E-state index in [2.05, 4.69) is 0 Å². The Balaban J connectivity index is 1.37. The molecule has 3 aromatic rings. The van der Waals surface area contributed by atoms with Crippen molar-refractivity contribution in [2.24, 2.45) is 0 Å². The minimum atomic E-state index is -3.74. The Morgan fingerprint density at radius 3 is 2.43 bits per heavy atom. The van der Waals surface area contributed by atoms with Crippen LogP contribution in [0.5, 0.6) is 5.75 Å². The van der Waals surface area contributed by atoms with Gasteiger partial charge in [-0.25, -0.2) is 8.42 Å². The van der Waals surface area contributed by atoms with Gasteiger partial charge in [-0.15, -0.1) is 0 Å². The van der Waals surface area contributed by atoms with Crippen LogP contribution in [-0.2, 0) is 14.8 Å². The number of hydrogen-bond acceptors (Lipinski definition) is 4. The second-order valence-corrected chi connectivity index (χ2v) is 9.34. The Bertz CT molecular complexity index is 1290. The maximum atomic E-state index is 13.1. The largest absolute Gasteiger partial charge is 0.508 e. The molecule has 0 radical (unpaired) electrons. The van der Waals surface area contributed by atoms with Crippen LogP contribution in [0.15, 0.2) is 71.6 Å². The second-order valence-electron chi connectivity index (χ2n) is 7.51. The number of aromatic hydroxyl groups is 1. The van der Waals surface area contributed by atoms with Crippen LogP contribution < -0.4 is 4.31 Å². The molecule has 1 amide bonds. The molecule has 6 nitrogen and oxygen atoms in total. The van der Waals surface area contributed by atoms with Crippen molar-refractivity contribution >= 4 is 38.0 Å². The van der Waals surface area contributed by atoms with Gasteiger partial charge >= 0.3 is 0 Å². The number of carbonyl (C=O) groups is 1. The first kappa shape index (κ1) is 18.7. The van der Waals surface area contributed by atoms with Crippen molar-refractivity contribution in [3.8, 4) is 5.75 Å². The van der Waals surface area contributed by atoms with Crippen molar-refractivity contribution < 1.29 is 18.3 Å². The van der Waals surface area contributed by atoms with Crippen molar-refractivity contribution in [2.75, 3.05) is 23.9 Å². The molecule has 0 saturated carbocycles. The number of phenolic OH excluding ortho intramolecular Hbond substituents is 1. The number of phenols is 1. The van der Waals surface area contributed by atoms with Gasteiger partial charge in [0.1, 0.15) is 12.3 Å². The van der Waals surface area contributed by atoms with Crippen LogP contribution in [0.1, 0.15) is 12.0 Å². The van der Waals surface area contributed by atoms with E-state index in [4.69, 9.17) is 0 Å². The highest BCUT2D eigenvalue weighted by molar-refractivity contribution is 7.93. The van der Waals surface area contributed by atoms with Gasteiger partial charge in [0.25, 0.3) is 10.0 Å². The minimum absolute atomic E-state index is 0.210. The lowest BCUT2D eigenvalue weighted by Crippen LogP contribution is -2.43. The number of anilines is 1. The zero-order valence-electron chi connectivity index (χ0n) is 16.2. The van der Waals surface area contributed by atoms with Gasteiger partial charge in [-0.3, -0.25) is 9.10 Å². The van der Waals surface area contributed by atoms with Crippen molar-refractivity contribution in [1.29, 1.82) is 0 Å². The Labute approximate surface area is 174 Å². The highest BCUT2D eigenvalue weighted by Gasteiger charge is 2.37. The Morgan fingerprint density at radius 2 is 1.73 bits per heavy atom. The highest BCUT2D eigenvalue weighted by Crippen LogP contribution is 2.41. The third kappa shape index (κ3) is 2.93. The molecular weight excluding hydrogens is 400 g/mol. The van der Waals surface area contributed by atoms with E-state index >= 15 is 0 Å². The van der Waals surface area contributed by atoms with Gasteiger partial charge in [0, 0.05) is 18.5 Å². The van der Waals surface area contributed by atoms with Crippen LogP contribution in [0, 0.1) is 0 Å². The molecule has 1 N–H and O–H groups in total. The Hall–Kier alpha value is -3.32. The number of amides is 1. The molecule has 0 aliphatic carbocycles. The number of hydrogen-bond donors (Lipinski definition) is 1. The van der Waals surface area contributed by atoms with E-state index in [0.717, 1.165) is 16.5 Å². The van der Waals surface area contributed by atoms with Gasteiger partial charge in [0.05, 0.1) is 10.6 Å². The molecule has 2 aliphatic heterocycles. The predicted molar refractivity (Wildman–Crippen MR) is 116 cm³/mol. The molecule has 0 spiro atoms. The molecule has 30 heavy (non-hydrogen) atoms. The Kier molecular flexibility index (Phi) is 4.29. The average Bonchev–Trinajstić information content (AvgIpc) is 2.98. The number of sulfonamides is 1. The molecule has 152 valence electrons. The Morgan fingerprint density at radius 1 is 1.00 bits per heavy atom. The molecular formula is C23H20N2O4S. The summed E-state index contributed by atoms with van der Waals surface area (Å²) in [6.07, 6.45) is 2.67. The normalized spacial score (nSPS) is 17.3. The van der Waals surface area contributed by atoms with E-state index in [-0.39, 0.29) is 23.1 Å². The van der Waals surface area contributed by atoms with Crippen LogP contribution >= 0.6 is 0 Å². The molecule has 2 heterocycles. The fourth-order valence-corrected chi connectivity index (χ4v) is 5.84. The van der Waals surface area contributed by atoms with Crippen molar-refractivity contribution in [2.45, 2.75) is 11.3 Å². The van der Waals surface area contributed by atoms with Gasteiger partial charge in [-0.1, -0.05) is 42.5 Å². The number of nitrogens with zero attached hydrogens (tertiary/aromatic N) is 2. The standard InChI is InChI=1S/C23H20N2O4S/c26-19-9-7-16(8-10-19)17-11-13-24(14-12-17)22(27)15-25-20-5-1-3-18-4-2-6-21(23(18)20)30(25,28)29/h1-11,26H,12-15H2. The lowest BCUT2D eigenvalue weighted by molar-refractivity contribution is -0.129. The van der Waals surface area contributed by atoms with Crippen LogP contribution in [0.2, 0.25) is 0 Å². The minimum Gasteiger partial charge on any atom is -0.508 e. The predicted octanol–water partition coefficient (Wildman–Crippen LogP) is 3.37. The summed E-state index contributed by atoms with van der Waals surface area (Å²) >= 11 is 0. The van der Waals surface area contributed by atoms with Gasteiger partial charge in [-0.2, -0.15) is 0 Å². The van der Waals surface area contributed by atoms with Gasteiger partial charge < -0.3 is 10.0 Å². The van der Waals surface area contributed by atoms with E-state index in [1.54, 1.807) is 35.2 Å². The smallest absolute Gasteiger partial charge is 0.265 e. The SMILES string of the molecule is O=C(CN1c2cccc3cccc(c23)S1(=O)=O)N1CC=C(c2ccc(O)cc2)CC1. The van der Waals surface area contributed by atoms with Crippen LogP contribution in [0.3, 0.4) is 0 Å². The lowest BCUT2D eigenvalue weighted by Gasteiger charge is -2.29. The summed E-state index contributed by atoms with van der Waals surface area (Å²) in [5.41, 5.74) is 2.70. The lowest BCUT2D eigenvalue weighted by atomic mass is 9.99. The van der Waals surface area contributed by atoms with Crippen molar-refractivity contribution in [3.05, 3.63) is 72.3 Å². The third-order valence-corrected chi connectivity index (χ3v) is 7.56.